The van der Waals surface area contributed by atoms with Crippen molar-refractivity contribution in [1.82, 2.24) is 5.32 Å². The topological polar surface area (TPSA) is 21.3 Å². The molecule has 0 aliphatic heterocycles. The second kappa shape index (κ2) is 8.21. The molecule has 0 aromatic heterocycles. The summed E-state index contributed by atoms with van der Waals surface area (Å²) in [7, 11) is 0. The van der Waals surface area contributed by atoms with Gasteiger partial charge in [0.25, 0.3) is 0 Å². The molecule has 0 fully saturated rings. The van der Waals surface area contributed by atoms with E-state index in [0.717, 1.165) is 31.7 Å². The lowest BCUT2D eigenvalue weighted by Crippen LogP contribution is -2.33. The Bertz CT molecular complexity index is 374. The minimum Gasteiger partial charge on any atom is -0.489 e. The van der Waals surface area contributed by atoms with Gasteiger partial charge in [0.1, 0.15) is 11.9 Å². The van der Waals surface area contributed by atoms with Gasteiger partial charge in [-0.1, -0.05) is 39.3 Å². The highest BCUT2D eigenvalue weighted by atomic mass is 16.5. The van der Waals surface area contributed by atoms with Gasteiger partial charge in [-0.05, 0) is 49.9 Å². The third-order valence-electron chi connectivity index (χ3n) is 3.17. The molecule has 0 radical (unpaired) electrons. The Morgan fingerprint density at radius 2 is 1.89 bits per heavy atom. The van der Waals surface area contributed by atoms with Crippen LogP contribution in [0.5, 0.6) is 5.75 Å². The molecule has 0 aliphatic rings. The van der Waals surface area contributed by atoms with Gasteiger partial charge in [0, 0.05) is 6.54 Å². The van der Waals surface area contributed by atoms with E-state index in [2.05, 4.69) is 58.1 Å². The Morgan fingerprint density at radius 3 is 2.53 bits per heavy atom. The van der Waals surface area contributed by atoms with Crippen molar-refractivity contribution in [1.29, 1.82) is 0 Å². The Hall–Kier alpha value is -1.02. The third kappa shape index (κ3) is 6.11. The van der Waals surface area contributed by atoms with Gasteiger partial charge in [-0.25, -0.2) is 0 Å². The van der Waals surface area contributed by atoms with Crippen molar-refractivity contribution in [2.45, 2.75) is 53.6 Å². The van der Waals surface area contributed by atoms with Crippen LogP contribution in [0.1, 0.15) is 44.7 Å². The van der Waals surface area contributed by atoms with Crippen molar-refractivity contribution in [2.24, 2.45) is 5.92 Å². The van der Waals surface area contributed by atoms with E-state index in [0.29, 0.717) is 5.92 Å². The molecule has 0 saturated heterocycles. The number of benzene rings is 1. The van der Waals surface area contributed by atoms with Gasteiger partial charge in [0.2, 0.25) is 0 Å². The molecule has 1 aromatic rings. The number of aryl methyl sites for hydroxylation is 2. The first-order chi connectivity index (χ1) is 9.02. The van der Waals surface area contributed by atoms with Crippen molar-refractivity contribution < 1.29 is 4.74 Å². The van der Waals surface area contributed by atoms with Crippen molar-refractivity contribution in [2.75, 3.05) is 13.1 Å². The van der Waals surface area contributed by atoms with E-state index in [-0.39, 0.29) is 6.10 Å². The van der Waals surface area contributed by atoms with Gasteiger partial charge in [-0.3, -0.25) is 0 Å². The van der Waals surface area contributed by atoms with Gasteiger partial charge in [0.15, 0.2) is 0 Å². The van der Waals surface area contributed by atoms with Crippen LogP contribution in [0.25, 0.3) is 0 Å². The zero-order valence-corrected chi connectivity index (χ0v) is 13.1. The number of hydrogen-bond donors (Lipinski definition) is 1. The molecule has 0 spiro atoms. The number of nitrogens with one attached hydrogen (secondary N) is 1. The lowest BCUT2D eigenvalue weighted by molar-refractivity contribution is 0.184. The average Bonchev–Trinajstić information content (AvgIpc) is 2.33. The molecule has 0 amide bonds. The Kier molecular flexibility index (Phi) is 6.93. The summed E-state index contributed by atoms with van der Waals surface area (Å²) < 4.78 is 6.19. The van der Waals surface area contributed by atoms with Crippen molar-refractivity contribution in [3.63, 3.8) is 0 Å². The normalized spacial score (nSPS) is 12.7. The van der Waals surface area contributed by atoms with E-state index in [4.69, 9.17) is 4.74 Å². The van der Waals surface area contributed by atoms with Crippen LogP contribution in [-0.2, 0) is 0 Å². The van der Waals surface area contributed by atoms with E-state index >= 15 is 0 Å². The molecule has 0 aliphatic carbocycles. The van der Waals surface area contributed by atoms with Crippen LogP contribution in [-0.4, -0.2) is 19.2 Å². The average molecular weight is 263 g/mol. The second-order valence-corrected chi connectivity index (χ2v) is 5.85. The molecule has 2 nitrogen and oxygen atoms in total. The summed E-state index contributed by atoms with van der Waals surface area (Å²) in [5, 5.41) is 3.50. The molecule has 1 atom stereocenters. The largest absolute Gasteiger partial charge is 0.489 e. The second-order valence-electron chi connectivity index (χ2n) is 5.85. The van der Waals surface area contributed by atoms with E-state index in [9.17, 15) is 0 Å². The third-order valence-corrected chi connectivity index (χ3v) is 3.17. The van der Waals surface area contributed by atoms with Crippen LogP contribution >= 0.6 is 0 Å². The molecular formula is C17H29NO. The molecule has 0 saturated carbocycles. The van der Waals surface area contributed by atoms with Crippen molar-refractivity contribution >= 4 is 0 Å². The fourth-order valence-electron chi connectivity index (χ4n) is 2.07. The highest BCUT2D eigenvalue weighted by Crippen LogP contribution is 2.21. The summed E-state index contributed by atoms with van der Waals surface area (Å²) in [4.78, 5) is 0. The molecular weight excluding hydrogens is 234 g/mol. The molecule has 1 rings (SSSR count). The van der Waals surface area contributed by atoms with Gasteiger partial charge < -0.3 is 10.1 Å². The first-order valence-corrected chi connectivity index (χ1v) is 7.47. The fourth-order valence-corrected chi connectivity index (χ4v) is 2.07. The summed E-state index contributed by atoms with van der Waals surface area (Å²) in [6, 6.07) is 6.41. The molecule has 1 aromatic carbocycles. The minimum absolute atomic E-state index is 0.268. The van der Waals surface area contributed by atoms with Crippen LogP contribution in [0.2, 0.25) is 0 Å². The molecule has 2 heteroatoms. The van der Waals surface area contributed by atoms with E-state index in [1.165, 1.54) is 11.1 Å². The maximum absolute atomic E-state index is 6.19. The first-order valence-electron chi connectivity index (χ1n) is 7.47. The molecule has 1 unspecified atom stereocenters. The molecule has 1 N–H and O–H groups in total. The number of ether oxygens (including phenoxy) is 1. The molecule has 0 heterocycles. The highest BCUT2D eigenvalue weighted by Gasteiger charge is 2.11. The van der Waals surface area contributed by atoms with Crippen LogP contribution < -0.4 is 10.1 Å². The van der Waals surface area contributed by atoms with Gasteiger partial charge >= 0.3 is 0 Å². The van der Waals surface area contributed by atoms with E-state index < -0.39 is 0 Å². The monoisotopic (exact) mass is 263 g/mol. The van der Waals surface area contributed by atoms with Crippen molar-refractivity contribution in [3.8, 4) is 5.75 Å². The highest BCUT2D eigenvalue weighted by molar-refractivity contribution is 5.36. The lowest BCUT2D eigenvalue weighted by Gasteiger charge is -2.21. The van der Waals surface area contributed by atoms with E-state index in [1.807, 2.05) is 0 Å². The lowest BCUT2D eigenvalue weighted by atomic mass is 10.1. The molecule has 0 bridgehead atoms. The van der Waals surface area contributed by atoms with Crippen LogP contribution in [0.15, 0.2) is 18.2 Å². The van der Waals surface area contributed by atoms with Gasteiger partial charge in [-0.2, -0.15) is 0 Å². The standard InChI is InChI=1S/C17H29NO/c1-6-7-16(12-18-11-13(2)3)19-17-10-14(4)8-9-15(17)5/h8-10,13,16,18H,6-7,11-12H2,1-5H3. The fraction of sp³-hybridized carbons (Fsp3) is 0.647. The quantitative estimate of drug-likeness (QED) is 0.762. The summed E-state index contributed by atoms with van der Waals surface area (Å²) in [5.74, 6) is 1.72. The first kappa shape index (κ1) is 16.0. The summed E-state index contributed by atoms with van der Waals surface area (Å²) in [6.45, 7) is 12.9. The predicted octanol–water partition coefficient (Wildman–Crippen LogP) is 4.10. The van der Waals surface area contributed by atoms with Crippen LogP contribution in [0, 0.1) is 19.8 Å². The molecule has 19 heavy (non-hydrogen) atoms. The summed E-state index contributed by atoms with van der Waals surface area (Å²) in [6.07, 6.45) is 2.52. The zero-order chi connectivity index (χ0) is 14.3. The zero-order valence-electron chi connectivity index (χ0n) is 13.1. The number of rotatable bonds is 8. The maximum atomic E-state index is 6.19. The number of hydrogen-bond acceptors (Lipinski definition) is 2. The Balaban J connectivity index is 2.58. The smallest absolute Gasteiger partial charge is 0.122 e. The van der Waals surface area contributed by atoms with Crippen molar-refractivity contribution in [3.05, 3.63) is 29.3 Å². The van der Waals surface area contributed by atoms with Crippen LogP contribution in [0.4, 0.5) is 0 Å². The Morgan fingerprint density at radius 1 is 1.16 bits per heavy atom. The predicted molar refractivity (Wildman–Crippen MR) is 82.9 cm³/mol. The molecule has 108 valence electrons. The summed E-state index contributed by atoms with van der Waals surface area (Å²) >= 11 is 0. The van der Waals surface area contributed by atoms with E-state index in [1.54, 1.807) is 0 Å². The maximum Gasteiger partial charge on any atom is 0.122 e. The van der Waals surface area contributed by atoms with Crippen LogP contribution in [0.3, 0.4) is 0 Å². The minimum atomic E-state index is 0.268. The SMILES string of the molecule is CCCC(CNCC(C)C)Oc1cc(C)ccc1C. The summed E-state index contributed by atoms with van der Waals surface area (Å²) in [5.41, 5.74) is 2.47. The Labute approximate surface area is 118 Å². The van der Waals surface area contributed by atoms with Gasteiger partial charge in [-0.15, -0.1) is 0 Å². The van der Waals surface area contributed by atoms with Gasteiger partial charge in [0.05, 0.1) is 0 Å².